The Morgan fingerprint density at radius 2 is 2.08 bits per heavy atom. The number of rotatable bonds is 5. The lowest BCUT2D eigenvalue weighted by Gasteiger charge is -2.13. The van der Waals surface area contributed by atoms with E-state index in [1.54, 1.807) is 11.8 Å². The van der Waals surface area contributed by atoms with Gasteiger partial charge in [0.05, 0.1) is 10.7 Å². The molecule has 3 nitrogen and oxygen atoms in total. The van der Waals surface area contributed by atoms with Gasteiger partial charge < -0.3 is 10.6 Å². The third-order valence-electron chi connectivity index (χ3n) is 4.50. The summed E-state index contributed by atoms with van der Waals surface area (Å²) in [5.41, 5.74) is 8.09. The van der Waals surface area contributed by atoms with Crippen molar-refractivity contribution >= 4 is 36.2 Å². The highest BCUT2D eigenvalue weighted by atomic mass is 32.2. The topological polar surface area (TPSA) is 33.1 Å². The van der Waals surface area contributed by atoms with E-state index in [-0.39, 0.29) is 0 Å². The second-order valence-corrected chi connectivity index (χ2v) is 7.34. The average Bonchev–Trinajstić information content (AvgIpc) is 2.97. The third-order valence-corrected chi connectivity index (χ3v) is 5.67. The SMILES string of the molecule is C=c1c(C=C2Sc3ccccc3N2C)cc[n+](CCCN)c1=CC=CC. The van der Waals surface area contributed by atoms with Gasteiger partial charge in [0.25, 0.3) is 0 Å². The van der Waals surface area contributed by atoms with Gasteiger partial charge in [-0.15, -0.1) is 0 Å². The number of aryl methyl sites for hydroxylation is 1. The first-order valence-electron chi connectivity index (χ1n) is 8.92. The summed E-state index contributed by atoms with van der Waals surface area (Å²) in [4.78, 5) is 3.53. The molecule has 0 aliphatic carbocycles. The molecule has 26 heavy (non-hydrogen) atoms. The minimum Gasteiger partial charge on any atom is -0.338 e. The van der Waals surface area contributed by atoms with Crippen LogP contribution in [0, 0.1) is 0 Å². The molecular formula is C22H26N3S+. The molecule has 1 aliphatic heterocycles. The lowest BCUT2D eigenvalue weighted by Crippen LogP contribution is -2.57. The molecule has 0 bridgehead atoms. The molecule has 0 amide bonds. The van der Waals surface area contributed by atoms with Gasteiger partial charge >= 0.3 is 0 Å². The van der Waals surface area contributed by atoms with Gasteiger partial charge in [0.1, 0.15) is 6.54 Å². The van der Waals surface area contributed by atoms with Crippen molar-refractivity contribution in [3.05, 3.63) is 69.8 Å². The Balaban J connectivity index is 2.03. The summed E-state index contributed by atoms with van der Waals surface area (Å²) in [5, 5.41) is 3.39. The highest BCUT2D eigenvalue weighted by Gasteiger charge is 2.21. The Labute approximate surface area is 159 Å². The van der Waals surface area contributed by atoms with E-state index in [1.165, 1.54) is 15.6 Å². The van der Waals surface area contributed by atoms with Gasteiger partial charge in [-0.3, -0.25) is 0 Å². The smallest absolute Gasteiger partial charge is 0.212 e. The van der Waals surface area contributed by atoms with Crippen LogP contribution in [0.15, 0.2) is 58.6 Å². The summed E-state index contributed by atoms with van der Waals surface area (Å²) in [6, 6.07) is 10.6. The molecule has 2 N–H and O–H groups in total. The van der Waals surface area contributed by atoms with Gasteiger partial charge in [-0.1, -0.05) is 42.6 Å². The number of anilines is 1. The van der Waals surface area contributed by atoms with E-state index in [0.717, 1.165) is 29.1 Å². The Morgan fingerprint density at radius 3 is 2.81 bits per heavy atom. The largest absolute Gasteiger partial charge is 0.338 e. The summed E-state index contributed by atoms with van der Waals surface area (Å²) in [7, 11) is 2.12. The Morgan fingerprint density at radius 1 is 1.27 bits per heavy atom. The fourth-order valence-corrected chi connectivity index (χ4v) is 4.13. The molecule has 3 rings (SSSR count). The number of aromatic nitrogens is 1. The first-order valence-corrected chi connectivity index (χ1v) is 9.74. The molecular weight excluding hydrogens is 338 g/mol. The highest BCUT2D eigenvalue weighted by molar-refractivity contribution is 8.03. The number of fused-ring (bicyclic) bond motifs is 1. The number of pyridine rings is 1. The van der Waals surface area contributed by atoms with Crippen molar-refractivity contribution in [1.29, 1.82) is 0 Å². The predicted molar refractivity (Wildman–Crippen MR) is 113 cm³/mol. The third kappa shape index (κ3) is 3.76. The monoisotopic (exact) mass is 364 g/mol. The van der Waals surface area contributed by atoms with Crippen molar-refractivity contribution in [2.75, 3.05) is 18.5 Å². The second kappa shape index (κ2) is 8.39. The molecule has 0 fully saturated rings. The van der Waals surface area contributed by atoms with Gasteiger partial charge in [-0.05, 0) is 37.2 Å². The number of benzene rings is 1. The van der Waals surface area contributed by atoms with E-state index in [4.69, 9.17) is 5.73 Å². The van der Waals surface area contributed by atoms with E-state index in [0.29, 0.717) is 6.54 Å². The van der Waals surface area contributed by atoms with E-state index >= 15 is 0 Å². The number of hydrogen-bond donors (Lipinski definition) is 1. The average molecular weight is 365 g/mol. The van der Waals surface area contributed by atoms with Gasteiger partial charge in [-0.2, -0.15) is 4.57 Å². The quantitative estimate of drug-likeness (QED) is 0.828. The molecule has 4 heteroatoms. The molecule has 0 unspecified atom stereocenters. The molecule has 0 atom stereocenters. The summed E-state index contributed by atoms with van der Waals surface area (Å²) >= 11 is 1.80. The molecule has 0 saturated carbocycles. The highest BCUT2D eigenvalue weighted by Crippen LogP contribution is 2.45. The summed E-state index contributed by atoms with van der Waals surface area (Å²) in [6.45, 7) is 7.98. The fourth-order valence-electron chi connectivity index (χ4n) is 3.03. The van der Waals surface area contributed by atoms with Crippen molar-refractivity contribution < 1.29 is 4.57 Å². The van der Waals surface area contributed by atoms with Gasteiger partial charge in [-0.25, -0.2) is 0 Å². The molecule has 2 aromatic rings. The summed E-state index contributed by atoms with van der Waals surface area (Å²) in [6.07, 6.45) is 11.5. The van der Waals surface area contributed by atoms with E-state index in [2.05, 4.69) is 77.9 Å². The Kier molecular flexibility index (Phi) is 5.96. The van der Waals surface area contributed by atoms with Crippen LogP contribution in [0.4, 0.5) is 5.69 Å². The van der Waals surface area contributed by atoms with Crippen LogP contribution >= 0.6 is 11.8 Å². The zero-order chi connectivity index (χ0) is 18.5. The van der Waals surface area contributed by atoms with Crippen LogP contribution in [-0.4, -0.2) is 13.6 Å². The Bertz CT molecular complexity index is 960. The van der Waals surface area contributed by atoms with Crippen LogP contribution < -0.4 is 25.8 Å². The molecule has 1 aromatic heterocycles. The molecule has 0 saturated heterocycles. The summed E-state index contributed by atoms with van der Waals surface area (Å²) < 4.78 is 2.23. The molecule has 0 spiro atoms. The van der Waals surface area contributed by atoms with Crippen LogP contribution in [0.2, 0.25) is 0 Å². The lowest BCUT2D eigenvalue weighted by atomic mass is 10.2. The van der Waals surface area contributed by atoms with Crippen LogP contribution in [0.5, 0.6) is 0 Å². The molecule has 134 valence electrons. The number of nitrogens with zero attached hydrogens (tertiary/aromatic N) is 2. The fraction of sp³-hybridized carbons (Fsp3) is 0.227. The molecule has 2 heterocycles. The van der Waals surface area contributed by atoms with Crippen molar-refractivity contribution in [1.82, 2.24) is 0 Å². The van der Waals surface area contributed by atoms with Crippen molar-refractivity contribution in [2.45, 2.75) is 24.8 Å². The molecule has 1 aromatic carbocycles. The zero-order valence-corrected chi connectivity index (χ0v) is 16.3. The van der Waals surface area contributed by atoms with Crippen LogP contribution in [0.3, 0.4) is 0 Å². The lowest BCUT2D eigenvalue weighted by molar-refractivity contribution is -0.710. The Hall–Kier alpha value is -2.30. The van der Waals surface area contributed by atoms with Crippen LogP contribution in [-0.2, 0) is 6.54 Å². The minimum absolute atomic E-state index is 0.689. The standard InChI is InChI=1S/C22H26N3S/c1-4-5-9-19-17(2)18(12-15-25(19)14-8-13-23)16-22-24(3)20-10-6-7-11-21(20)26-22/h4-7,9-12,15-16H,2,8,13-14,23H2,1,3H3/q+1. The number of para-hydroxylation sites is 1. The minimum atomic E-state index is 0.689. The van der Waals surface area contributed by atoms with Gasteiger partial charge in [0.15, 0.2) is 6.20 Å². The van der Waals surface area contributed by atoms with Crippen LogP contribution in [0.1, 0.15) is 18.9 Å². The number of nitrogens with two attached hydrogens (primary N) is 1. The van der Waals surface area contributed by atoms with Crippen molar-refractivity contribution in [3.8, 4) is 0 Å². The predicted octanol–water partition coefficient (Wildman–Crippen LogP) is 2.63. The van der Waals surface area contributed by atoms with E-state index in [1.807, 2.05) is 13.0 Å². The normalized spacial score (nSPS) is 16.0. The van der Waals surface area contributed by atoms with E-state index < -0.39 is 0 Å². The number of thioether (sulfide) groups is 1. The maximum absolute atomic E-state index is 5.69. The zero-order valence-electron chi connectivity index (χ0n) is 15.5. The molecule has 1 aliphatic rings. The van der Waals surface area contributed by atoms with E-state index in [9.17, 15) is 0 Å². The maximum atomic E-state index is 5.69. The first kappa shape index (κ1) is 18.5. The summed E-state index contributed by atoms with van der Waals surface area (Å²) in [5.74, 6) is 0. The van der Waals surface area contributed by atoms with Crippen molar-refractivity contribution in [3.63, 3.8) is 0 Å². The number of hydrogen-bond acceptors (Lipinski definition) is 3. The number of allylic oxidation sites excluding steroid dienone is 2. The van der Waals surface area contributed by atoms with Gasteiger partial charge in [0.2, 0.25) is 5.35 Å². The second-order valence-electron chi connectivity index (χ2n) is 6.27. The first-order chi connectivity index (χ1) is 12.7. The van der Waals surface area contributed by atoms with Crippen molar-refractivity contribution in [2.24, 2.45) is 5.73 Å². The van der Waals surface area contributed by atoms with Gasteiger partial charge in [0, 0.05) is 35.7 Å². The maximum Gasteiger partial charge on any atom is 0.212 e. The molecule has 0 radical (unpaired) electrons. The van der Waals surface area contributed by atoms with Crippen LogP contribution in [0.25, 0.3) is 18.7 Å².